The van der Waals surface area contributed by atoms with E-state index in [1.807, 2.05) is 0 Å². The molecule has 0 fully saturated rings. The van der Waals surface area contributed by atoms with Gasteiger partial charge in [0.25, 0.3) is 0 Å². The predicted molar refractivity (Wildman–Crippen MR) is 57.2 cm³/mol. The van der Waals surface area contributed by atoms with Crippen LogP contribution in [0.1, 0.15) is 10.4 Å². The number of nitrogen functional groups attached to an aromatic ring is 1. The molecule has 2 heterocycles. The Morgan fingerprint density at radius 3 is 3.00 bits per heavy atom. The number of aromatic amines is 1. The standard InChI is InChI=1S/C8H11N5S/c1-5-6(2-3-14-5)4-10-8-11-7(9)12-13-8/h2-3H,4H2,1H3,(H4,9,10,11,12,13). The van der Waals surface area contributed by atoms with Crippen LogP contribution < -0.4 is 11.1 Å². The quantitative estimate of drug-likeness (QED) is 0.713. The Morgan fingerprint density at radius 2 is 2.43 bits per heavy atom. The summed E-state index contributed by atoms with van der Waals surface area (Å²) in [5, 5.41) is 12.6. The second-order valence-corrected chi connectivity index (χ2v) is 4.03. The topological polar surface area (TPSA) is 79.6 Å². The summed E-state index contributed by atoms with van der Waals surface area (Å²) in [5.41, 5.74) is 6.66. The lowest BCUT2D eigenvalue weighted by Crippen LogP contribution is -2.00. The number of anilines is 2. The Morgan fingerprint density at radius 1 is 1.57 bits per heavy atom. The highest BCUT2D eigenvalue weighted by atomic mass is 32.1. The molecule has 2 aromatic rings. The fourth-order valence-electron chi connectivity index (χ4n) is 1.13. The van der Waals surface area contributed by atoms with Crippen LogP contribution in [0.15, 0.2) is 11.4 Å². The first-order valence-electron chi connectivity index (χ1n) is 4.20. The Balaban J connectivity index is 1.98. The van der Waals surface area contributed by atoms with Gasteiger partial charge in [-0.1, -0.05) is 0 Å². The van der Waals surface area contributed by atoms with E-state index in [2.05, 4.69) is 38.9 Å². The largest absolute Gasteiger partial charge is 0.368 e. The first-order chi connectivity index (χ1) is 6.75. The van der Waals surface area contributed by atoms with Crippen molar-refractivity contribution in [3.63, 3.8) is 0 Å². The van der Waals surface area contributed by atoms with Gasteiger partial charge in [0.15, 0.2) is 0 Å². The van der Waals surface area contributed by atoms with E-state index in [0.29, 0.717) is 11.9 Å². The Bertz CT molecular complexity index is 419. The van der Waals surface area contributed by atoms with Crippen molar-refractivity contribution in [3.8, 4) is 0 Å². The molecule has 0 aliphatic carbocycles. The summed E-state index contributed by atoms with van der Waals surface area (Å²) in [4.78, 5) is 4.12. The molecule has 6 heteroatoms. The molecular weight excluding hydrogens is 198 g/mol. The van der Waals surface area contributed by atoms with E-state index < -0.39 is 0 Å². The third-order valence-corrected chi connectivity index (χ3v) is 2.80. The molecule has 14 heavy (non-hydrogen) atoms. The van der Waals surface area contributed by atoms with Crippen LogP contribution in [0.5, 0.6) is 0 Å². The number of nitrogens with zero attached hydrogens (tertiary/aromatic N) is 2. The molecule has 2 rings (SSSR count). The fourth-order valence-corrected chi connectivity index (χ4v) is 1.86. The molecule has 0 aromatic carbocycles. The van der Waals surface area contributed by atoms with Crippen molar-refractivity contribution in [2.24, 2.45) is 0 Å². The summed E-state index contributed by atoms with van der Waals surface area (Å²) in [6, 6.07) is 2.09. The minimum atomic E-state index is 0.328. The monoisotopic (exact) mass is 209 g/mol. The summed E-state index contributed by atoms with van der Waals surface area (Å²) < 4.78 is 0. The average molecular weight is 209 g/mol. The van der Waals surface area contributed by atoms with Gasteiger partial charge in [0.1, 0.15) is 0 Å². The summed E-state index contributed by atoms with van der Waals surface area (Å²) in [6.45, 7) is 2.83. The van der Waals surface area contributed by atoms with Gasteiger partial charge in [0.05, 0.1) is 0 Å². The van der Waals surface area contributed by atoms with Crippen molar-refractivity contribution in [1.82, 2.24) is 15.2 Å². The van der Waals surface area contributed by atoms with Crippen LogP contribution in [0.2, 0.25) is 0 Å². The summed E-state index contributed by atoms with van der Waals surface area (Å²) in [5.74, 6) is 0.933. The highest BCUT2D eigenvalue weighted by Crippen LogP contribution is 2.15. The minimum Gasteiger partial charge on any atom is -0.368 e. The number of aryl methyl sites for hydroxylation is 1. The van der Waals surface area contributed by atoms with Crippen LogP contribution in [-0.2, 0) is 6.54 Å². The summed E-state index contributed by atoms with van der Waals surface area (Å²) >= 11 is 1.73. The fraction of sp³-hybridized carbons (Fsp3) is 0.250. The van der Waals surface area contributed by atoms with Crippen molar-refractivity contribution in [2.45, 2.75) is 13.5 Å². The maximum atomic E-state index is 5.39. The molecule has 0 aliphatic rings. The smallest absolute Gasteiger partial charge is 0.223 e. The van der Waals surface area contributed by atoms with Crippen LogP contribution in [0, 0.1) is 6.92 Å². The number of hydrogen-bond acceptors (Lipinski definition) is 5. The van der Waals surface area contributed by atoms with Gasteiger partial charge in [-0.25, -0.2) is 0 Å². The SMILES string of the molecule is Cc1sccc1CNc1nnc(N)[nH]1. The highest BCUT2D eigenvalue weighted by molar-refractivity contribution is 7.10. The number of thiophene rings is 1. The molecule has 0 saturated carbocycles. The third kappa shape index (κ3) is 1.85. The molecule has 5 nitrogen and oxygen atoms in total. The molecule has 0 unspecified atom stereocenters. The van der Waals surface area contributed by atoms with Crippen molar-refractivity contribution >= 4 is 23.2 Å². The van der Waals surface area contributed by atoms with Crippen LogP contribution in [0.4, 0.5) is 11.9 Å². The van der Waals surface area contributed by atoms with Crippen molar-refractivity contribution in [2.75, 3.05) is 11.1 Å². The normalized spacial score (nSPS) is 10.4. The number of nitrogens with one attached hydrogen (secondary N) is 2. The Hall–Kier alpha value is -1.56. The van der Waals surface area contributed by atoms with E-state index in [1.165, 1.54) is 10.4 Å². The van der Waals surface area contributed by atoms with Crippen LogP contribution >= 0.6 is 11.3 Å². The summed E-state index contributed by atoms with van der Waals surface area (Å²) in [7, 11) is 0. The first-order valence-corrected chi connectivity index (χ1v) is 5.08. The maximum absolute atomic E-state index is 5.39. The molecule has 0 atom stereocenters. The molecule has 0 bridgehead atoms. The second-order valence-electron chi connectivity index (χ2n) is 2.91. The predicted octanol–water partition coefficient (Wildman–Crippen LogP) is 1.37. The molecular formula is C8H11N5S. The van der Waals surface area contributed by atoms with Gasteiger partial charge in [-0.15, -0.1) is 21.5 Å². The molecule has 4 N–H and O–H groups in total. The highest BCUT2D eigenvalue weighted by Gasteiger charge is 2.01. The number of hydrogen-bond donors (Lipinski definition) is 3. The lowest BCUT2D eigenvalue weighted by molar-refractivity contribution is 1.04. The van der Waals surface area contributed by atoms with Gasteiger partial charge in [0.2, 0.25) is 11.9 Å². The first kappa shape index (κ1) is 9.01. The van der Waals surface area contributed by atoms with Crippen molar-refractivity contribution in [1.29, 1.82) is 0 Å². The lowest BCUT2D eigenvalue weighted by Gasteiger charge is -2.00. The minimum absolute atomic E-state index is 0.328. The molecule has 2 aromatic heterocycles. The van der Waals surface area contributed by atoms with Crippen LogP contribution in [0.25, 0.3) is 0 Å². The maximum Gasteiger partial charge on any atom is 0.223 e. The van der Waals surface area contributed by atoms with Gasteiger partial charge >= 0.3 is 0 Å². The van der Waals surface area contributed by atoms with Gasteiger partial charge in [-0.05, 0) is 23.9 Å². The van der Waals surface area contributed by atoms with E-state index in [0.717, 1.165) is 6.54 Å². The van der Waals surface area contributed by atoms with Gasteiger partial charge in [-0.2, -0.15) is 0 Å². The lowest BCUT2D eigenvalue weighted by atomic mass is 10.3. The van der Waals surface area contributed by atoms with Gasteiger partial charge < -0.3 is 11.1 Å². The molecule has 74 valence electrons. The van der Waals surface area contributed by atoms with Crippen LogP contribution in [0.3, 0.4) is 0 Å². The Labute approximate surface area is 85.4 Å². The zero-order chi connectivity index (χ0) is 9.97. The van der Waals surface area contributed by atoms with Crippen molar-refractivity contribution in [3.05, 3.63) is 21.9 Å². The molecule has 0 spiro atoms. The Kier molecular flexibility index (Phi) is 2.36. The zero-order valence-corrected chi connectivity index (χ0v) is 8.56. The molecule has 0 aliphatic heterocycles. The van der Waals surface area contributed by atoms with Crippen molar-refractivity contribution < 1.29 is 0 Å². The molecule has 0 saturated heterocycles. The number of aromatic nitrogens is 3. The van der Waals surface area contributed by atoms with E-state index in [4.69, 9.17) is 5.73 Å². The van der Waals surface area contributed by atoms with Gasteiger partial charge in [0, 0.05) is 11.4 Å². The van der Waals surface area contributed by atoms with E-state index >= 15 is 0 Å². The number of H-pyrrole nitrogens is 1. The second kappa shape index (κ2) is 3.67. The zero-order valence-electron chi connectivity index (χ0n) is 7.74. The number of rotatable bonds is 3. The number of nitrogens with two attached hydrogens (primary N) is 1. The summed E-state index contributed by atoms with van der Waals surface area (Å²) in [6.07, 6.45) is 0. The van der Waals surface area contributed by atoms with E-state index in [1.54, 1.807) is 11.3 Å². The molecule has 0 amide bonds. The molecule has 0 radical (unpaired) electrons. The van der Waals surface area contributed by atoms with E-state index in [-0.39, 0.29) is 0 Å². The van der Waals surface area contributed by atoms with Crippen LogP contribution in [-0.4, -0.2) is 15.2 Å². The third-order valence-electron chi connectivity index (χ3n) is 1.92. The van der Waals surface area contributed by atoms with Gasteiger partial charge in [-0.3, -0.25) is 4.98 Å². The van der Waals surface area contributed by atoms with E-state index in [9.17, 15) is 0 Å². The average Bonchev–Trinajstić information content (AvgIpc) is 2.72.